The number of benzene rings is 2. The molecule has 0 aliphatic carbocycles. The van der Waals surface area contributed by atoms with Crippen LogP contribution in [0.25, 0.3) is 0 Å². The molecule has 130 valence electrons. The molecule has 1 heterocycles. The Balaban J connectivity index is 1.91. The minimum absolute atomic E-state index is 0.110. The van der Waals surface area contributed by atoms with E-state index in [0.717, 1.165) is 4.90 Å². The molecule has 0 radical (unpaired) electrons. The van der Waals surface area contributed by atoms with Crippen molar-refractivity contribution in [2.75, 3.05) is 12.0 Å². The molecule has 0 N–H and O–H groups in total. The fourth-order valence-corrected chi connectivity index (χ4v) is 2.85. The van der Waals surface area contributed by atoms with Gasteiger partial charge in [-0.25, -0.2) is 13.6 Å². The molecular weight excluding hydrogens is 330 g/mol. The highest BCUT2D eigenvalue weighted by atomic mass is 19.1. The van der Waals surface area contributed by atoms with E-state index >= 15 is 0 Å². The molecule has 0 bridgehead atoms. The van der Waals surface area contributed by atoms with Crippen LogP contribution in [0.15, 0.2) is 42.5 Å². The van der Waals surface area contributed by atoms with E-state index in [1.165, 1.54) is 54.5 Å². The van der Waals surface area contributed by atoms with Gasteiger partial charge in [0.2, 0.25) is 0 Å². The van der Waals surface area contributed by atoms with Crippen LogP contribution in [0, 0.1) is 11.6 Å². The van der Waals surface area contributed by atoms with E-state index < -0.39 is 29.6 Å². The van der Waals surface area contributed by atoms with Gasteiger partial charge in [0.25, 0.3) is 5.91 Å². The minimum atomic E-state index is -0.738. The van der Waals surface area contributed by atoms with Crippen molar-refractivity contribution in [2.24, 2.45) is 0 Å². The monoisotopic (exact) mass is 346 g/mol. The number of anilines is 1. The van der Waals surface area contributed by atoms with Gasteiger partial charge < -0.3 is 4.74 Å². The molecule has 3 amide bonds. The molecule has 1 aliphatic rings. The normalized spacial score (nSPS) is 17.4. The molecule has 2 aromatic carbocycles. The lowest BCUT2D eigenvalue weighted by atomic mass is 10.2. The number of methoxy groups -OCH3 is 1. The average Bonchev–Trinajstić information content (AvgIpc) is 2.80. The maximum absolute atomic E-state index is 13.5. The standard InChI is InChI=1S/C18H16F2N2O3/c1-11-17(23)21(10-12-9-14(20)5-8-16(12)25-2)18(24)22(11)15-6-3-13(19)4-7-15/h3-9,11H,10H2,1-2H3. The lowest BCUT2D eigenvalue weighted by Gasteiger charge is -2.19. The summed E-state index contributed by atoms with van der Waals surface area (Å²) in [6.07, 6.45) is 0. The van der Waals surface area contributed by atoms with Gasteiger partial charge in [0.15, 0.2) is 0 Å². The quantitative estimate of drug-likeness (QED) is 0.798. The highest BCUT2D eigenvalue weighted by Crippen LogP contribution is 2.29. The number of halogens is 2. The first-order valence-corrected chi connectivity index (χ1v) is 7.65. The lowest BCUT2D eigenvalue weighted by molar-refractivity contribution is -0.127. The molecule has 1 atom stereocenters. The van der Waals surface area contributed by atoms with Gasteiger partial charge >= 0.3 is 6.03 Å². The average molecular weight is 346 g/mol. The molecule has 1 saturated heterocycles. The number of amides is 3. The van der Waals surface area contributed by atoms with Gasteiger partial charge in [0.1, 0.15) is 23.4 Å². The van der Waals surface area contributed by atoms with Crippen LogP contribution >= 0.6 is 0 Å². The third-order valence-electron chi connectivity index (χ3n) is 4.12. The molecule has 2 aromatic rings. The Kier molecular flexibility index (Phi) is 4.39. The fourth-order valence-electron chi connectivity index (χ4n) is 2.85. The number of carbonyl (C=O) groups excluding carboxylic acids is 2. The predicted molar refractivity (Wildman–Crippen MR) is 87.2 cm³/mol. The van der Waals surface area contributed by atoms with Gasteiger partial charge in [-0.05, 0) is 49.4 Å². The lowest BCUT2D eigenvalue weighted by Crippen LogP contribution is -2.33. The Hall–Kier alpha value is -2.96. The highest BCUT2D eigenvalue weighted by Gasteiger charge is 2.43. The number of carbonyl (C=O) groups is 2. The second-order valence-electron chi connectivity index (χ2n) is 5.69. The van der Waals surface area contributed by atoms with E-state index in [1.54, 1.807) is 6.92 Å². The summed E-state index contributed by atoms with van der Waals surface area (Å²) in [6.45, 7) is 1.48. The molecular formula is C18H16F2N2O3. The smallest absolute Gasteiger partial charge is 0.332 e. The Morgan fingerprint density at radius 1 is 1.04 bits per heavy atom. The molecule has 7 heteroatoms. The molecule has 3 rings (SSSR count). The van der Waals surface area contributed by atoms with Crippen LogP contribution in [-0.2, 0) is 11.3 Å². The molecule has 25 heavy (non-hydrogen) atoms. The molecule has 1 unspecified atom stereocenters. The molecule has 0 aromatic heterocycles. The van der Waals surface area contributed by atoms with Crippen molar-refractivity contribution >= 4 is 17.6 Å². The van der Waals surface area contributed by atoms with Gasteiger partial charge in [-0.1, -0.05) is 0 Å². The van der Waals surface area contributed by atoms with E-state index in [4.69, 9.17) is 4.74 Å². The number of rotatable bonds is 4. The Bertz CT molecular complexity index is 824. The van der Waals surface area contributed by atoms with Crippen molar-refractivity contribution in [3.8, 4) is 5.75 Å². The first-order valence-electron chi connectivity index (χ1n) is 7.65. The second-order valence-corrected chi connectivity index (χ2v) is 5.69. The van der Waals surface area contributed by atoms with Crippen LogP contribution in [0.3, 0.4) is 0 Å². The summed E-state index contributed by atoms with van der Waals surface area (Å²) < 4.78 is 31.8. The van der Waals surface area contributed by atoms with E-state index in [1.807, 2.05) is 0 Å². The van der Waals surface area contributed by atoms with E-state index in [2.05, 4.69) is 0 Å². The van der Waals surface area contributed by atoms with Crippen LogP contribution in [0.1, 0.15) is 12.5 Å². The minimum Gasteiger partial charge on any atom is -0.496 e. The Morgan fingerprint density at radius 2 is 1.68 bits per heavy atom. The number of hydrogen-bond acceptors (Lipinski definition) is 3. The van der Waals surface area contributed by atoms with Crippen LogP contribution in [0.4, 0.5) is 19.3 Å². The van der Waals surface area contributed by atoms with Crippen LogP contribution in [-0.4, -0.2) is 30.0 Å². The Morgan fingerprint density at radius 3 is 2.32 bits per heavy atom. The number of imide groups is 1. The number of nitrogens with zero attached hydrogens (tertiary/aromatic N) is 2. The molecule has 1 aliphatic heterocycles. The summed E-state index contributed by atoms with van der Waals surface area (Å²) in [7, 11) is 1.43. The van der Waals surface area contributed by atoms with Gasteiger partial charge in [0, 0.05) is 11.3 Å². The predicted octanol–water partition coefficient (Wildman–Crippen LogP) is 3.33. The zero-order valence-corrected chi connectivity index (χ0v) is 13.7. The number of urea groups is 1. The SMILES string of the molecule is COc1ccc(F)cc1CN1C(=O)C(C)N(c2ccc(F)cc2)C1=O. The summed E-state index contributed by atoms with van der Waals surface area (Å²) in [4.78, 5) is 27.5. The third kappa shape index (κ3) is 3.05. The largest absolute Gasteiger partial charge is 0.496 e. The zero-order valence-electron chi connectivity index (χ0n) is 13.7. The van der Waals surface area contributed by atoms with Gasteiger partial charge in [-0.2, -0.15) is 0 Å². The summed E-state index contributed by atoms with van der Waals surface area (Å²) in [5.74, 6) is -0.954. The molecule has 0 spiro atoms. The summed E-state index contributed by atoms with van der Waals surface area (Å²) in [5, 5.41) is 0. The van der Waals surface area contributed by atoms with E-state index in [0.29, 0.717) is 17.0 Å². The van der Waals surface area contributed by atoms with Crippen molar-refractivity contribution in [2.45, 2.75) is 19.5 Å². The van der Waals surface area contributed by atoms with Gasteiger partial charge in [0.05, 0.1) is 13.7 Å². The van der Waals surface area contributed by atoms with Crippen LogP contribution in [0.2, 0.25) is 0 Å². The first kappa shape index (κ1) is 16.9. The van der Waals surface area contributed by atoms with Crippen molar-refractivity contribution in [1.82, 2.24) is 4.90 Å². The van der Waals surface area contributed by atoms with Crippen molar-refractivity contribution in [3.63, 3.8) is 0 Å². The van der Waals surface area contributed by atoms with Crippen molar-refractivity contribution < 1.29 is 23.1 Å². The number of hydrogen-bond donors (Lipinski definition) is 0. The maximum atomic E-state index is 13.5. The maximum Gasteiger partial charge on any atom is 0.332 e. The van der Waals surface area contributed by atoms with Crippen molar-refractivity contribution in [3.05, 3.63) is 59.7 Å². The van der Waals surface area contributed by atoms with E-state index in [9.17, 15) is 18.4 Å². The summed E-state index contributed by atoms with van der Waals surface area (Å²) in [6, 6.07) is 7.93. The first-order chi connectivity index (χ1) is 11.9. The highest BCUT2D eigenvalue weighted by molar-refractivity contribution is 6.14. The summed E-state index contributed by atoms with van der Waals surface area (Å²) >= 11 is 0. The molecule has 5 nitrogen and oxygen atoms in total. The number of ether oxygens (including phenoxy) is 1. The van der Waals surface area contributed by atoms with E-state index in [-0.39, 0.29) is 6.54 Å². The summed E-state index contributed by atoms with van der Waals surface area (Å²) in [5.41, 5.74) is 0.804. The van der Waals surface area contributed by atoms with Crippen LogP contribution < -0.4 is 9.64 Å². The van der Waals surface area contributed by atoms with Gasteiger partial charge in [-0.3, -0.25) is 14.6 Å². The van der Waals surface area contributed by atoms with Crippen molar-refractivity contribution in [1.29, 1.82) is 0 Å². The third-order valence-corrected chi connectivity index (χ3v) is 4.12. The molecule has 1 fully saturated rings. The zero-order chi connectivity index (χ0) is 18.1. The van der Waals surface area contributed by atoms with Crippen LogP contribution in [0.5, 0.6) is 5.75 Å². The van der Waals surface area contributed by atoms with Gasteiger partial charge in [-0.15, -0.1) is 0 Å². The topological polar surface area (TPSA) is 49.9 Å². The fraction of sp³-hybridized carbons (Fsp3) is 0.222. The molecule has 0 saturated carbocycles. The Labute approximate surface area is 143 Å². The second kappa shape index (κ2) is 6.51.